The molecule has 0 fully saturated rings. The summed E-state index contributed by atoms with van der Waals surface area (Å²) < 4.78 is 41.0. The fraction of sp³-hybridized carbons (Fsp3) is 0. The minimum atomic E-state index is -3.88. The second-order valence-electron chi connectivity index (χ2n) is 2.45. The van der Waals surface area contributed by atoms with Gasteiger partial charge in [-0.2, -0.15) is 4.52 Å². The highest BCUT2D eigenvalue weighted by atomic mass is 31.2. The molecule has 1 aromatic carbocycles. The third kappa shape index (κ3) is 5.72. The van der Waals surface area contributed by atoms with Crippen molar-refractivity contribution in [2.24, 2.45) is 19.1 Å². The van der Waals surface area contributed by atoms with Crippen LogP contribution in [0.4, 0.5) is 8.39 Å². The van der Waals surface area contributed by atoms with Crippen molar-refractivity contribution in [1.82, 2.24) is 0 Å². The summed E-state index contributed by atoms with van der Waals surface area (Å²) in [5.74, 6) is 0.289. The van der Waals surface area contributed by atoms with Crippen LogP contribution in [0.5, 0.6) is 5.75 Å². The van der Waals surface area contributed by atoms with Crippen LogP contribution in [-0.4, -0.2) is 0 Å². The van der Waals surface area contributed by atoms with E-state index in [0.29, 0.717) is 0 Å². The fourth-order valence-electron chi connectivity index (χ4n) is 0.820. The number of hydrogen-bond acceptors (Lipinski definition) is 2. The minimum Gasteiger partial charge on any atom is -0.419 e. The van der Waals surface area contributed by atoms with E-state index in [2.05, 4.69) is 13.5 Å². The van der Waals surface area contributed by atoms with Gasteiger partial charge in [0.05, 0.1) is 8.52 Å². The van der Waals surface area contributed by atoms with Crippen molar-refractivity contribution in [3.05, 3.63) is 30.3 Å². The Morgan fingerprint density at radius 2 is 2.06 bits per heavy atom. The Kier molecular flexibility index (Phi) is 6.87. The maximum absolute atomic E-state index is 14.1. The van der Waals surface area contributed by atoms with Gasteiger partial charge in [0.2, 0.25) is 0 Å². The van der Waals surface area contributed by atoms with Crippen LogP contribution < -0.4 is 10.0 Å². The lowest BCUT2D eigenvalue weighted by Crippen LogP contribution is -1.83. The van der Waals surface area contributed by atoms with Gasteiger partial charge in [0, 0.05) is 0 Å². The van der Waals surface area contributed by atoms with E-state index < -0.39 is 16.8 Å². The quantitative estimate of drug-likeness (QED) is 0.728. The van der Waals surface area contributed by atoms with Crippen molar-refractivity contribution in [3.63, 3.8) is 0 Å². The molecule has 92 valence electrons. The van der Waals surface area contributed by atoms with E-state index in [-0.39, 0.29) is 22.8 Å². The zero-order valence-electron chi connectivity index (χ0n) is 8.31. The molecule has 2 atom stereocenters. The van der Waals surface area contributed by atoms with Crippen molar-refractivity contribution < 1.29 is 12.9 Å². The fourth-order valence-corrected chi connectivity index (χ4v) is 3.53. The van der Waals surface area contributed by atoms with Gasteiger partial charge >= 0.3 is 7.74 Å². The second kappa shape index (κ2) is 7.92. The number of benzene rings is 1. The van der Waals surface area contributed by atoms with Crippen LogP contribution in [-0.2, 0) is 0 Å². The lowest BCUT2D eigenvalue weighted by molar-refractivity contribution is 0.553. The van der Waals surface area contributed by atoms with Crippen molar-refractivity contribution >= 4 is 33.8 Å². The highest BCUT2D eigenvalue weighted by Gasteiger charge is 2.19. The van der Waals surface area contributed by atoms with E-state index in [9.17, 15) is 8.39 Å². The summed E-state index contributed by atoms with van der Waals surface area (Å²) in [6, 6.07) is 8.27. The highest BCUT2D eigenvalue weighted by molar-refractivity contribution is 7.62. The minimum absolute atomic E-state index is 0.0276. The summed E-state index contributed by atoms with van der Waals surface area (Å²) in [5.41, 5.74) is 5.12. The molecule has 1 aromatic rings. The van der Waals surface area contributed by atoms with Gasteiger partial charge in [-0.25, -0.2) is 4.20 Å². The molecule has 0 saturated heterocycles. The van der Waals surface area contributed by atoms with E-state index in [0.717, 1.165) is 0 Å². The van der Waals surface area contributed by atoms with Gasteiger partial charge in [-0.1, -0.05) is 18.2 Å². The van der Waals surface area contributed by atoms with E-state index in [1.165, 1.54) is 0 Å². The summed E-state index contributed by atoms with van der Waals surface area (Å²) in [5, 5.41) is 0. The molecule has 17 heavy (non-hydrogen) atoms. The van der Waals surface area contributed by atoms with Gasteiger partial charge in [0.15, 0.2) is 17.6 Å². The first-order valence-corrected chi connectivity index (χ1v) is 8.18. The Morgan fingerprint density at radius 3 is 2.65 bits per heavy atom. The van der Waals surface area contributed by atoms with Crippen LogP contribution in [0.25, 0.3) is 0 Å². The van der Waals surface area contributed by atoms with Crippen molar-refractivity contribution in [1.29, 1.82) is 0 Å². The van der Waals surface area contributed by atoms with Crippen molar-refractivity contribution in [3.8, 4) is 5.75 Å². The summed E-state index contributed by atoms with van der Waals surface area (Å²) in [4.78, 5) is 0. The Labute approximate surface area is 102 Å². The zero-order valence-corrected chi connectivity index (χ0v) is 12.0. The summed E-state index contributed by atoms with van der Waals surface area (Å²) in [7, 11) is -5.14. The van der Waals surface area contributed by atoms with Gasteiger partial charge in [0.25, 0.3) is 0 Å². The number of nitrogens with zero attached hydrogens (tertiary/aromatic N) is 3. The maximum atomic E-state index is 14.1. The van der Waals surface area contributed by atoms with Crippen LogP contribution in [0, 0.1) is 0 Å². The topological polar surface area (TPSA) is 72.3 Å². The Morgan fingerprint density at radius 1 is 1.35 bits per heavy atom. The zero-order chi connectivity index (χ0) is 12.6. The van der Waals surface area contributed by atoms with Crippen LogP contribution in [0.3, 0.4) is 0 Å². The molecule has 0 bridgehead atoms. The molecule has 0 saturated carbocycles. The van der Waals surface area contributed by atoms with Gasteiger partial charge < -0.3 is 4.52 Å². The van der Waals surface area contributed by atoms with Crippen LogP contribution in [0.2, 0.25) is 0 Å². The Balaban J connectivity index is 2.93. The monoisotopic (exact) mass is 314 g/mol. The molecule has 0 amide bonds. The highest BCUT2D eigenvalue weighted by Crippen LogP contribution is 2.57. The molecule has 0 aromatic heterocycles. The van der Waals surface area contributed by atoms with Crippen LogP contribution in [0.1, 0.15) is 0 Å². The lowest BCUT2D eigenvalue weighted by atomic mass is 10.3. The molecule has 5 nitrogen and oxygen atoms in total. The standard InChI is InChI=1S/C6H8F2N4OP4/c7-14-10-16-12-17(8,11-15-9)13-6-4-2-1-3-5-6/h1-5,14H,(H2,9,11). The average molecular weight is 314 g/mol. The van der Waals surface area contributed by atoms with Gasteiger partial charge in [-0.05, 0) is 12.1 Å². The molecule has 1 rings (SSSR count). The van der Waals surface area contributed by atoms with E-state index in [4.69, 9.17) is 10.0 Å². The van der Waals surface area contributed by atoms with E-state index >= 15 is 0 Å². The Bertz CT molecular complexity index is 455. The molecular weight excluding hydrogens is 306 g/mol. The maximum Gasteiger partial charge on any atom is 0.443 e. The van der Waals surface area contributed by atoms with E-state index in [1.807, 2.05) is 0 Å². The molecule has 0 heterocycles. The molecule has 2 unspecified atom stereocenters. The number of halogens is 2. The Hall–Kier alpha value is -0.300. The predicted octanol–water partition coefficient (Wildman–Crippen LogP) is 5.51. The first kappa shape index (κ1) is 14.8. The van der Waals surface area contributed by atoms with Gasteiger partial charge in [-0.3, -0.25) is 5.50 Å². The predicted molar refractivity (Wildman–Crippen MR) is 69.8 cm³/mol. The molecule has 0 aliphatic rings. The van der Waals surface area contributed by atoms with Gasteiger partial charge in [0.1, 0.15) is 5.75 Å². The third-order valence-electron chi connectivity index (χ3n) is 1.36. The molecule has 0 radical (unpaired) electrons. The normalized spacial score (nSPS) is 15.7. The first-order chi connectivity index (χ1) is 8.20. The molecule has 2 N–H and O–H groups in total. The van der Waals surface area contributed by atoms with Crippen molar-refractivity contribution in [2.45, 2.75) is 0 Å². The largest absolute Gasteiger partial charge is 0.443 e. The molecule has 0 aliphatic carbocycles. The number of rotatable bonds is 5. The summed E-state index contributed by atoms with van der Waals surface area (Å²) in [6.07, 6.45) is 0. The number of nitrogens with two attached hydrogens (primary N) is 1. The first-order valence-electron chi connectivity index (χ1n) is 4.14. The van der Waals surface area contributed by atoms with Crippen LogP contribution in [0.15, 0.2) is 43.9 Å². The average Bonchev–Trinajstić information content (AvgIpc) is 2.31. The third-order valence-corrected chi connectivity index (χ3v) is 4.96. The lowest BCUT2D eigenvalue weighted by Gasteiger charge is -2.09. The summed E-state index contributed by atoms with van der Waals surface area (Å²) in [6.45, 7) is 0. The SMILES string of the molecule is N/P=N\P(F)(=N/P=N\PF)Oc1ccccc1. The molecule has 11 heteroatoms. The summed E-state index contributed by atoms with van der Waals surface area (Å²) >= 11 is 0. The number of hydrogen-bond donors (Lipinski definition) is 1. The van der Waals surface area contributed by atoms with E-state index in [1.54, 1.807) is 30.3 Å². The smallest absolute Gasteiger partial charge is 0.419 e. The van der Waals surface area contributed by atoms with Crippen molar-refractivity contribution in [2.75, 3.05) is 0 Å². The number of para-hydroxylation sites is 1. The van der Waals surface area contributed by atoms with Crippen LogP contribution >= 0.6 is 33.8 Å². The molecule has 0 aliphatic heterocycles. The molecule has 0 spiro atoms. The second-order valence-corrected chi connectivity index (χ2v) is 6.38. The molecular formula is C6H8F2N4OP4. The van der Waals surface area contributed by atoms with Gasteiger partial charge in [-0.15, -0.1) is 13.2 Å².